The van der Waals surface area contributed by atoms with Gasteiger partial charge in [-0.15, -0.1) is 0 Å². The molecule has 0 saturated heterocycles. The van der Waals surface area contributed by atoms with Crippen molar-refractivity contribution in [2.24, 2.45) is 5.41 Å². The van der Waals surface area contributed by atoms with Crippen molar-refractivity contribution in [3.63, 3.8) is 0 Å². The van der Waals surface area contributed by atoms with E-state index >= 15 is 0 Å². The van der Waals surface area contributed by atoms with Crippen LogP contribution in [0.5, 0.6) is 0 Å². The fraction of sp³-hybridized carbons (Fsp3) is 0.333. The number of aromatic nitrogens is 2. The Kier molecular flexibility index (Phi) is 3.74. The van der Waals surface area contributed by atoms with Gasteiger partial charge >= 0.3 is 0 Å². The topological polar surface area (TPSA) is 67.6 Å². The number of hydrogen-bond donors (Lipinski definition) is 1. The predicted molar refractivity (Wildman–Crippen MR) is 80.9 cm³/mol. The van der Waals surface area contributed by atoms with Crippen LogP contribution in [0.1, 0.15) is 32.0 Å². The Morgan fingerprint density at radius 1 is 1.40 bits per heavy atom. The third-order valence-electron chi connectivity index (χ3n) is 2.84. The Hall–Kier alpha value is -1.99. The van der Waals surface area contributed by atoms with Crippen LogP contribution in [-0.4, -0.2) is 9.78 Å². The summed E-state index contributed by atoms with van der Waals surface area (Å²) >= 11 is 6.27. The first-order valence-corrected chi connectivity index (χ1v) is 6.73. The van der Waals surface area contributed by atoms with E-state index < -0.39 is 0 Å². The molecule has 2 aromatic rings. The van der Waals surface area contributed by atoms with Gasteiger partial charge in [-0.05, 0) is 30.0 Å². The highest BCUT2D eigenvalue weighted by Crippen LogP contribution is 2.31. The maximum atomic E-state index is 8.95. The minimum atomic E-state index is 0.0732. The summed E-state index contributed by atoms with van der Waals surface area (Å²) in [6.07, 6.45) is 0.737. The molecule has 104 valence electrons. The van der Waals surface area contributed by atoms with Crippen molar-refractivity contribution in [2.75, 3.05) is 5.73 Å². The zero-order valence-corrected chi connectivity index (χ0v) is 12.6. The van der Waals surface area contributed by atoms with Gasteiger partial charge in [-0.25, -0.2) is 4.68 Å². The molecule has 0 aliphatic heterocycles. The summed E-state index contributed by atoms with van der Waals surface area (Å²) in [5.41, 5.74) is 8.18. The minimum Gasteiger partial charge on any atom is -0.382 e. The summed E-state index contributed by atoms with van der Waals surface area (Å²) < 4.78 is 1.59. The highest BCUT2D eigenvalue weighted by atomic mass is 35.5. The Bertz CT molecular complexity index is 674. The number of rotatable bonds is 2. The average Bonchev–Trinajstić information content (AvgIpc) is 2.65. The lowest BCUT2D eigenvalue weighted by Crippen LogP contribution is -2.10. The van der Waals surface area contributed by atoms with Gasteiger partial charge in [-0.3, -0.25) is 0 Å². The van der Waals surface area contributed by atoms with E-state index in [0.717, 1.165) is 17.8 Å². The van der Waals surface area contributed by atoms with Gasteiger partial charge in [0.2, 0.25) is 0 Å². The lowest BCUT2D eigenvalue weighted by Gasteiger charge is -2.16. The molecule has 0 atom stereocenters. The van der Waals surface area contributed by atoms with Crippen LogP contribution in [0.25, 0.3) is 5.69 Å². The second kappa shape index (κ2) is 5.18. The molecule has 0 saturated carbocycles. The largest absolute Gasteiger partial charge is 0.382 e. The van der Waals surface area contributed by atoms with Crippen LogP contribution in [0.4, 0.5) is 5.82 Å². The maximum absolute atomic E-state index is 8.95. The molecule has 1 aromatic heterocycles. The molecule has 0 spiro atoms. The van der Waals surface area contributed by atoms with Crippen LogP contribution >= 0.6 is 11.6 Å². The Morgan fingerprint density at radius 3 is 2.70 bits per heavy atom. The molecule has 0 unspecified atom stereocenters. The smallest absolute Gasteiger partial charge is 0.146 e. The molecule has 0 amide bonds. The van der Waals surface area contributed by atoms with E-state index in [0.29, 0.717) is 16.4 Å². The van der Waals surface area contributed by atoms with Crippen molar-refractivity contribution in [3.8, 4) is 11.8 Å². The number of hydrogen-bond acceptors (Lipinski definition) is 3. The number of halogens is 1. The van der Waals surface area contributed by atoms with Crippen LogP contribution in [0.15, 0.2) is 24.3 Å². The highest BCUT2D eigenvalue weighted by Gasteiger charge is 2.20. The Labute approximate surface area is 123 Å². The molecule has 5 heteroatoms. The van der Waals surface area contributed by atoms with E-state index in [-0.39, 0.29) is 5.41 Å². The molecule has 0 aliphatic carbocycles. The van der Waals surface area contributed by atoms with E-state index in [4.69, 9.17) is 22.6 Å². The Morgan fingerprint density at radius 2 is 2.10 bits per heavy atom. The molecule has 0 fully saturated rings. The molecule has 0 radical (unpaired) electrons. The third kappa shape index (κ3) is 2.94. The van der Waals surface area contributed by atoms with E-state index in [2.05, 4.69) is 31.9 Å². The first kappa shape index (κ1) is 14.4. The Balaban J connectivity index is 2.48. The SMILES string of the molecule is CC(C)(C)Cc1nn(-c2cccc(C#N)c2)c(N)c1Cl. The van der Waals surface area contributed by atoms with Crippen molar-refractivity contribution < 1.29 is 0 Å². The van der Waals surface area contributed by atoms with Crippen LogP contribution in [0.2, 0.25) is 5.02 Å². The molecule has 20 heavy (non-hydrogen) atoms. The van der Waals surface area contributed by atoms with Gasteiger partial charge in [0.1, 0.15) is 10.8 Å². The highest BCUT2D eigenvalue weighted by molar-refractivity contribution is 6.33. The number of nitrogen functional groups attached to an aromatic ring is 1. The van der Waals surface area contributed by atoms with Gasteiger partial charge in [0.15, 0.2) is 0 Å². The fourth-order valence-corrected chi connectivity index (χ4v) is 2.16. The van der Waals surface area contributed by atoms with Gasteiger partial charge in [0.05, 0.1) is 23.0 Å². The molecule has 2 N–H and O–H groups in total. The zero-order valence-electron chi connectivity index (χ0n) is 11.8. The van der Waals surface area contributed by atoms with Gasteiger partial charge in [0, 0.05) is 0 Å². The van der Waals surface area contributed by atoms with Gasteiger partial charge in [0.25, 0.3) is 0 Å². The molecule has 0 aliphatic rings. The fourth-order valence-electron chi connectivity index (χ4n) is 1.98. The third-order valence-corrected chi connectivity index (χ3v) is 3.26. The number of nitriles is 1. The summed E-state index contributed by atoms with van der Waals surface area (Å²) in [6.45, 7) is 6.36. The van der Waals surface area contributed by atoms with Gasteiger partial charge in [-0.1, -0.05) is 38.4 Å². The van der Waals surface area contributed by atoms with E-state index in [9.17, 15) is 0 Å². The van der Waals surface area contributed by atoms with Gasteiger partial charge in [-0.2, -0.15) is 10.4 Å². The molecule has 1 heterocycles. The zero-order chi connectivity index (χ0) is 14.9. The van der Waals surface area contributed by atoms with Crippen molar-refractivity contribution in [1.82, 2.24) is 9.78 Å². The molecule has 2 rings (SSSR count). The predicted octanol–water partition coefficient (Wildman–Crippen LogP) is 3.57. The first-order chi connectivity index (χ1) is 9.31. The van der Waals surface area contributed by atoms with Crippen molar-refractivity contribution in [2.45, 2.75) is 27.2 Å². The summed E-state index contributed by atoms with van der Waals surface area (Å²) in [4.78, 5) is 0. The normalized spacial score (nSPS) is 11.3. The molecular formula is C15H17ClN4. The number of benzene rings is 1. The van der Waals surface area contributed by atoms with Crippen molar-refractivity contribution >= 4 is 17.4 Å². The average molecular weight is 289 g/mol. The first-order valence-electron chi connectivity index (χ1n) is 6.35. The van der Waals surface area contributed by atoms with E-state index in [1.54, 1.807) is 22.9 Å². The quantitative estimate of drug-likeness (QED) is 0.918. The van der Waals surface area contributed by atoms with Crippen LogP contribution in [0.3, 0.4) is 0 Å². The number of nitrogens with zero attached hydrogens (tertiary/aromatic N) is 3. The van der Waals surface area contributed by atoms with E-state index in [1.165, 1.54) is 0 Å². The van der Waals surface area contributed by atoms with Crippen LogP contribution in [-0.2, 0) is 6.42 Å². The lowest BCUT2D eigenvalue weighted by molar-refractivity contribution is 0.405. The lowest BCUT2D eigenvalue weighted by atomic mass is 9.91. The second-order valence-electron chi connectivity index (χ2n) is 5.96. The summed E-state index contributed by atoms with van der Waals surface area (Å²) in [5.74, 6) is 0.404. The molecule has 0 bridgehead atoms. The van der Waals surface area contributed by atoms with Crippen LogP contribution < -0.4 is 5.73 Å². The molecule has 1 aromatic carbocycles. The van der Waals surface area contributed by atoms with Gasteiger partial charge < -0.3 is 5.73 Å². The summed E-state index contributed by atoms with van der Waals surface area (Å²) in [7, 11) is 0. The number of anilines is 1. The van der Waals surface area contributed by atoms with Crippen LogP contribution in [0, 0.1) is 16.7 Å². The second-order valence-corrected chi connectivity index (χ2v) is 6.34. The summed E-state index contributed by atoms with van der Waals surface area (Å²) in [5, 5.41) is 13.9. The van der Waals surface area contributed by atoms with Crippen molar-refractivity contribution in [1.29, 1.82) is 5.26 Å². The summed E-state index contributed by atoms with van der Waals surface area (Å²) in [6, 6.07) is 9.22. The monoisotopic (exact) mass is 288 g/mol. The minimum absolute atomic E-state index is 0.0732. The molecular weight excluding hydrogens is 272 g/mol. The maximum Gasteiger partial charge on any atom is 0.146 e. The standard InChI is InChI=1S/C15H17ClN4/c1-15(2,3)8-12-13(16)14(18)20(19-12)11-6-4-5-10(7-11)9-17/h4-7H,8,18H2,1-3H3. The van der Waals surface area contributed by atoms with Crippen molar-refractivity contribution in [3.05, 3.63) is 40.5 Å². The number of nitrogens with two attached hydrogens (primary N) is 1. The van der Waals surface area contributed by atoms with E-state index in [1.807, 2.05) is 6.07 Å². The molecule has 4 nitrogen and oxygen atoms in total.